The van der Waals surface area contributed by atoms with Crippen molar-refractivity contribution in [3.8, 4) is 0 Å². The van der Waals surface area contributed by atoms with Gasteiger partial charge in [-0.1, -0.05) is 109 Å². The first-order chi connectivity index (χ1) is 30.3. The molecule has 0 aliphatic carbocycles. The Kier molecular flexibility index (Phi) is 11.4. The van der Waals surface area contributed by atoms with Crippen LogP contribution in [-0.2, 0) is 0 Å². The van der Waals surface area contributed by atoms with Crippen molar-refractivity contribution in [1.82, 2.24) is 0 Å². The van der Waals surface area contributed by atoms with Gasteiger partial charge in [0.25, 0.3) is 0 Å². The zero-order valence-electron chi connectivity index (χ0n) is 35.7. The molecule has 9 aromatic carbocycles. The van der Waals surface area contributed by atoms with Crippen LogP contribution in [0.4, 0.5) is 45.5 Å². The third kappa shape index (κ3) is 8.86. The predicted molar refractivity (Wildman–Crippen MR) is 270 cm³/mol. The second-order valence-electron chi connectivity index (χ2n) is 16.1. The summed E-state index contributed by atoms with van der Waals surface area (Å²) >= 11 is 0. The number of anilines is 8. The van der Waals surface area contributed by atoms with Gasteiger partial charge in [-0.3, -0.25) is 0 Å². The Balaban J connectivity index is 0.895. The molecule has 0 saturated carbocycles. The molecule has 4 nitrogen and oxygen atoms in total. The smallest absolute Gasteiger partial charge is 0.0463 e. The quantitative estimate of drug-likeness (QED) is 0.0901. The monoisotopic (exact) mass is 802 g/mol. The van der Waals surface area contributed by atoms with Crippen molar-refractivity contribution in [1.29, 1.82) is 0 Å². The first-order valence-corrected chi connectivity index (χ1v) is 21.1. The Labute approximate surface area is 366 Å². The molecule has 302 valence electrons. The fraction of sp³-hybridized carbons (Fsp3) is 0.0690. The lowest BCUT2D eigenvalue weighted by molar-refractivity contribution is 1.13. The van der Waals surface area contributed by atoms with Gasteiger partial charge in [0, 0.05) is 73.7 Å². The van der Waals surface area contributed by atoms with Gasteiger partial charge < -0.3 is 19.6 Å². The van der Waals surface area contributed by atoms with Crippen LogP contribution < -0.4 is 19.6 Å². The molecule has 0 unspecified atom stereocenters. The highest BCUT2D eigenvalue weighted by Gasteiger charge is 2.14. The van der Waals surface area contributed by atoms with Gasteiger partial charge in [0.15, 0.2) is 0 Å². The molecule has 0 saturated heterocycles. The fourth-order valence-corrected chi connectivity index (χ4v) is 7.94. The summed E-state index contributed by atoms with van der Waals surface area (Å²) < 4.78 is 0. The van der Waals surface area contributed by atoms with Crippen molar-refractivity contribution in [2.24, 2.45) is 0 Å². The van der Waals surface area contributed by atoms with E-state index in [-0.39, 0.29) is 0 Å². The van der Waals surface area contributed by atoms with Crippen molar-refractivity contribution >= 4 is 91.3 Å². The highest BCUT2D eigenvalue weighted by Crippen LogP contribution is 2.37. The highest BCUT2D eigenvalue weighted by molar-refractivity contribution is 6.00. The van der Waals surface area contributed by atoms with Crippen molar-refractivity contribution in [2.75, 3.05) is 47.8 Å². The van der Waals surface area contributed by atoms with Gasteiger partial charge in [-0.2, -0.15) is 0 Å². The Hall–Kier alpha value is -7.82. The topological polar surface area (TPSA) is 13.0 Å². The van der Waals surface area contributed by atoms with Gasteiger partial charge in [0.05, 0.1) is 0 Å². The zero-order chi connectivity index (χ0) is 42.4. The van der Waals surface area contributed by atoms with Crippen LogP contribution >= 0.6 is 0 Å². The van der Waals surface area contributed by atoms with Crippen molar-refractivity contribution in [3.05, 3.63) is 229 Å². The summed E-state index contributed by atoms with van der Waals surface area (Å²) in [7, 11) is 8.27. The van der Waals surface area contributed by atoms with E-state index in [1.54, 1.807) is 0 Å². The molecule has 9 rings (SSSR count). The minimum atomic E-state index is 1.12. The van der Waals surface area contributed by atoms with Crippen molar-refractivity contribution in [2.45, 2.75) is 0 Å². The summed E-state index contributed by atoms with van der Waals surface area (Å²) in [5.74, 6) is 0. The number of rotatable bonds is 12. The number of benzene rings is 9. The largest absolute Gasteiger partial charge is 0.378 e. The molecule has 0 aliphatic heterocycles. The molecule has 0 bridgehead atoms. The summed E-state index contributed by atoms with van der Waals surface area (Å²) in [4.78, 5) is 8.84. The van der Waals surface area contributed by atoms with Gasteiger partial charge >= 0.3 is 0 Å². The summed E-state index contributed by atoms with van der Waals surface area (Å²) in [5, 5.41) is 4.93. The molecule has 0 N–H and O–H groups in total. The van der Waals surface area contributed by atoms with Crippen LogP contribution in [0.3, 0.4) is 0 Å². The number of hydrogen-bond acceptors (Lipinski definition) is 4. The van der Waals surface area contributed by atoms with Crippen LogP contribution in [0.2, 0.25) is 0 Å². The number of para-hydroxylation sites is 2. The van der Waals surface area contributed by atoms with E-state index in [1.807, 2.05) is 0 Å². The standard InChI is InChI=1S/C58H50N4/c1-59(2)51-31-35-57(36-32-51)61(53-11-7-5-8-12-53)55-27-21-43(22-28-55)15-17-45-19-25-47-42-50-40-46(20-26-48(50)41-49(47)39-45)18-16-44-23-29-56(30-24-44)62(54-13-9-6-10-14-54)58-37-33-52(34-38-58)60(3)4/h5-42H,1-4H3/b17-15+,18-16+. The van der Waals surface area contributed by atoms with Crippen LogP contribution in [0.5, 0.6) is 0 Å². The summed E-state index contributed by atoms with van der Waals surface area (Å²) in [6.07, 6.45) is 8.80. The van der Waals surface area contributed by atoms with Crippen LogP contribution in [0, 0.1) is 0 Å². The van der Waals surface area contributed by atoms with Gasteiger partial charge in [-0.15, -0.1) is 0 Å². The van der Waals surface area contributed by atoms with Crippen LogP contribution in [0.15, 0.2) is 206 Å². The van der Waals surface area contributed by atoms with E-state index in [0.717, 1.165) is 45.3 Å². The third-order valence-corrected chi connectivity index (χ3v) is 11.4. The number of hydrogen-bond donors (Lipinski definition) is 0. The molecule has 0 heterocycles. The zero-order valence-corrected chi connectivity index (χ0v) is 35.7. The molecule has 0 radical (unpaired) electrons. The van der Waals surface area contributed by atoms with E-state index < -0.39 is 0 Å². The van der Waals surface area contributed by atoms with Crippen molar-refractivity contribution < 1.29 is 0 Å². The highest BCUT2D eigenvalue weighted by atomic mass is 15.1. The molecule has 62 heavy (non-hydrogen) atoms. The molecule has 0 amide bonds. The average molecular weight is 803 g/mol. The van der Waals surface area contributed by atoms with Crippen LogP contribution in [-0.4, -0.2) is 28.2 Å². The molecule has 9 aromatic rings. The summed E-state index contributed by atoms with van der Waals surface area (Å²) in [5.41, 5.74) is 13.7. The van der Waals surface area contributed by atoms with E-state index in [4.69, 9.17) is 0 Å². The van der Waals surface area contributed by atoms with Crippen LogP contribution in [0.25, 0.3) is 45.8 Å². The molecule has 0 spiro atoms. The fourth-order valence-electron chi connectivity index (χ4n) is 7.94. The van der Waals surface area contributed by atoms with E-state index in [2.05, 4.69) is 278 Å². The predicted octanol–water partition coefficient (Wildman–Crippen LogP) is 15.4. The van der Waals surface area contributed by atoms with Gasteiger partial charge in [-0.05, 0) is 165 Å². The maximum atomic E-state index is 2.30. The lowest BCUT2D eigenvalue weighted by atomic mass is 9.99. The van der Waals surface area contributed by atoms with Gasteiger partial charge in [-0.25, -0.2) is 0 Å². The Morgan fingerprint density at radius 2 is 0.516 bits per heavy atom. The molecule has 0 aromatic heterocycles. The lowest BCUT2D eigenvalue weighted by Crippen LogP contribution is -2.11. The third-order valence-electron chi connectivity index (χ3n) is 11.4. The van der Waals surface area contributed by atoms with Gasteiger partial charge in [0.2, 0.25) is 0 Å². The molecular formula is C58H50N4. The normalized spacial score (nSPS) is 11.4. The molecule has 0 aliphatic rings. The SMILES string of the molecule is CN(C)c1ccc(N(c2ccccc2)c2ccc(/C=C/c3ccc4cc5cc(/C=C/c6ccc(N(c7ccccc7)c7ccc(N(C)C)cc7)cc6)ccc5cc4c3)cc2)cc1. The Bertz CT molecular complexity index is 2760. The van der Waals surface area contributed by atoms with E-state index in [9.17, 15) is 0 Å². The maximum absolute atomic E-state index is 2.30. The van der Waals surface area contributed by atoms with E-state index >= 15 is 0 Å². The first-order valence-electron chi connectivity index (χ1n) is 21.1. The number of nitrogens with zero attached hydrogens (tertiary/aromatic N) is 4. The maximum Gasteiger partial charge on any atom is 0.0463 e. The van der Waals surface area contributed by atoms with E-state index in [0.29, 0.717) is 0 Å². The number of fused-ring (bicyclic) bond motifs is 2. The van der Waals surface area contributed by atoms with Crippen LogP contribution in [0.1, 0.15) is 22.3 Å². The van der Waals surface area contributed by atoms with Crippen molar-refractivity contribution in [3.63, 3.8) is 0 Å². The Morgan fingerprint density at radius 3 is 0.855 bits per heavy atom. The summed E-state index contributed by atoms with van der Waals surface area (Å²) in [6, 6.07) is 74.1. The molecular weight excluding hydrogens is 753 g/mol. The lowest BCUT2D eigenvalue weighted by Gasteiger charge is -2.26. The second-order valence-corrected chi connectivity index (χ2v) is 16.1. The second kappa shape index (κ2) is 17.8. The minimum absolute atomic E-state index is 1.12. The van der Waals surface area contributed by atoms with E-state index in [1.165, 1.54) is 44.0 Å². The molecule has 4 heteroatoms. The van der Waals surface area contributed by atoms with Gasteiger partial charge in [0.1, 0.15) is 0 Å². The Morgan fingerprint density at radius 1 is 0.242 bits per heavy atom. The average Bonchev–Trinajstić information content (AvgIpc) is 3.31. The first kappa shape index (κ1) is 39.6. The minimum Gasteiger partial charge on any atom is -0.378 e. The molecule has 0 atom stereocenters. The molecule has 0 fully saturated rings. The summed E-state index contributed by atoms with van der Waals surface area (Å²) in [6.45, 7) is 0.